The molecule has 0 spiro atoms. The minimum atomic E-state index is 0.403. The topological polar surface area (TPSA) is 86.8 Å². The van der Waals surface area contributed by atoms with Crippen molar-refractivity contribution < 1.29 is 13.9 Å². The van der Waals surface area contributed by atoms with Crippen LogP contribution in [0.25, 0.3) is 21.9 Å². The second-order valence-corrected chi connectivity index (χ2v) is 9.32. The van der Waals surface area contributed by atoms with Gasteiger partial charge in [-0.15, -0.1) is 0 Å². The zero-order chi connectivity index (χ0) is 25.1. The molecule has 1 aliphatic rings. The van der Waals surface area contributed by atoms with E-state index in [1.165, 1.54) is 6.26 Å². The van der Waals surface area contributed by atoms with Crippen LogP contribution in [0.2, 0.25) is 5.02 Å². The van der Waals surface area contributed by atoms with E-state index in [1.54, 1.807) is 13.3 Å². The van der Waals surface area contributed by atoms with Crippen LogP contribution in [0.3, 0.4) is 0 Å². The lowest BCUT2D eigenvalue weighted by Crippen LogP contribution is -2.44. The maximum atomic E-state index is 9.78. The van der Waals surface area contributed by atoms with Gasteiger partial charge in [-0.05, 0) is 31.7 Å². The first-order valence-electron chi connectivity index (χ1n) is 11.9. The number of furan rings is 1. The molecule has 4 aromatic rings. The number of nitriles is 1. The van der Waals surface area contributed by atoms with E-state index in [9.17, 15) is 5.26 Å². The van der Waals surface area contributed by atoms with Gasteiger partial charge in [0.25, 0.3) is 0 Å². The second kappa shape index (κ2) is 10.6. The van der Waals surface area contributed by atoms with E-state index < -0.39 is 0 Å². The van der Waals surface area contributed by atoms with Gasteiger partial charge in [-0.3, -0.25) is 4.98 Å². The van der Waals surface area contributed by atoms with E-state index in [-0.39, 0.29) is 0 Å². The number of fused-ring (bicyclic) bond motifs is 2. The van der Waals surface area contributed by atoms with Crippen molar-refractivity contribution in [1.29, 1.82) is 5.26 Å². The van der Waals surface area contributed by atoms with E-state index in [1.807, 2.05) is 30.3 Å². The zero-order valence-corrected chi connectivity index (χ0v) is 21.1. The summed E-state index contributed by atoms with van der Waals surface area (Å²) in [5.74, 6) is 1.22. The van der Waals surface area contributed by atoms with Crippen molar-refractivity contribution in [2.75, 3.05) is 58.8 Å². The van der Waals surface area contributed by atoms with E-state index in [4.69, 9.17) is 25.5 Å². The molecule has 186 valence electrons. The number of benzene rings is 2. The summed E-state index contributed by atoms with van der Waals surface area (Å²) in [4.78, 5) is 9.33. The molecule has 1 fully saturated rings. The maximum absolute atomic E-state index is 9.78. The summed E-state index contributed by atoms with van der Waals surface area (Å²) in [6, 6.07) is 11.6. The Kier molecular flexibility index (Phi) is 7.14. The van der Waals surface area contributed by atoms with Crippen molar-refractivity contribution in [3.05, 3.63) is 53.4 Å². The van der Waals surface area contributed by atoms with Gasteiger partial charge in [-0.25, -0.2) is 0 Å². The molecule has 0 saturated carbocycles. The number of hydrogen-bond donors (Lipinski definition) is 1. The van der Waals surface area contributed by atoms with Crippen LogP contribution in [-0.2, 0) is 0 Å². The van der Waals surface area contributed by atoms with Crippen LogP contribution in [0.4, 0.5) is 11.4 Å². The average molecular weight is 506 g/mol. The number of likely N-dealkylation sites (N-methyl/N-ethyl adjacent to an activating group) is 1. The molecule has 3 heterocycles. The average Bonchev–Trinajstić information content (AvgIpc) is 3.29. The summed E-state index contributed by atoms with van der Waals surface area (Å²) in [5.41, 5.74) is 3.02. The van der Waals surface area contributed by atoms with Crippen LogP contribution in [0, 0.1) is 11.3 Å². The Morgan fingerprint density at radius 2 is 2.00 bits per heavy atom. The normalized spacial score (nSPS) is 14.7. The number of methoxy groups -OCH3 is 1. The van der Waals surface area contributed by atoms with Gasteiger partial charge in [-0.1, -0.05) is 17.7 Å². The number of anilines is 2. The van der Waals surface area contributed by atoms with Crippen molar-refractivity contribution in [1.82, 2.24) is 14.8 Å². The summed E-state index contributed by atoms with van der Waals surface area (Å²) in [6.45, 7) is 5.98. The molecule has 0 amide bonds. The first-order chi connectivity index (χ1) is 17.6. The molecule has 8 nitrogen and oxygen atoms in total. The number of nitrogens with one attached hydrogen (secondary N) is 1. The van der Waals surface area contributed by atoms with Gasteiger partial charge in [-0.2, -0.15) is 5.26 Å². The minimum Gasteiger partial charge on any atom is -0.493 e. The third kappa shape index (κ3) is 4.91. The Morgan fingerprint density at radius 1 is 1.17 bits per heavy atom. The van der Waals surface area contributed by atoms with Crippen LogP contribution in [0.5, 0.6) is 11.5 Å². The van der Waals surface area contributed by atoms with Gasteiger partial charge in [0.15, 0.2) is 17.1 Å². The third-order valence-electron chi connectivity index (χ3n) is 6.56. The van der Waals surface area contributed by atoms with Crippen LogP contribution >= 0.6 is 11.6 Å². The van der Waals surface area contributed by atoms with Gasteiger partial charge in [0.2, 0.25) is 0 Å². The molecule has 5 rings (SSSR count). The monoisotopic (exact) mass is 505 g/mol. The van der Waals surface area contributed by atoms with Gasteiger partial charge in [0.05, 0.1) is 41.2 Å². The Bertz CT molecular complexity index is 1420. The fraction of sp³-hybridized carbons (Fsp3) is 0.333. The second-order valence-electron chi connectivity index (χ2n) is 8.92. The molecule has 9 heteroatoms. The highest BCUT2D eigenvalue weighted by Crippen LogP contribution is 2.39. The minimum absolute atomic E-state index is 0.403. The van der Waals surface area contributed by atoms with Crippen LogP contribution in [0.15, 0.2) is 47.2 Å². The number of halogens is 1. The van der Waals surface area contributed by atoms with Crippen LogP contribution < -0.4 is 14.8 Å². The maximum Gasteiger partial charge on any atom is 0.163 e. The van der Waals surface area contributed by atoms with Gasteiger partial charge >= 0.3 is 0 Å². The summed E-state index contributed by atoms with van der Waals surface area (Å²) in [6.07, 6.45) is 3.99. The molecule has 2 aromatic carbocycles. The molecule has 1 aliphatic heterocycles. The third-order valence-corrected chi connectivity index (χ3v) is 6.85. The molecular formula is C27H28ClN5O3. The summed E-state index contributed by atoms with van der Waals surface area (Å²) < 4.78 is 17.4. The lowest BCUT2D eigenvalue weighted by Gasteiger charge is -2.32. The van der Waals surface area contributed by atoms with E-state index in [0.717, 1.165) is 49.9 Å². The largest absolute Gasteiger partial charge is 0.493 e. The van der Waals surface area contributed by atoms with Crippen molar-refractivity contribution in [2.45, 2.75) is 6.42 Å². The van der Waals surface area contributed by atoms with Crippen molar-refractivity contribution >= 4 is 44.8 Å². The Hall–Kier alpha value is -3.51. The van der Waals surface area contributed by atoms with E-state index >= 15 is 0 Å². The standard InChI is InChI=1S/C27H28ClN5O3/c1-32-8-10-33(11-9-32)7-4-12-35-25-14-23-20(13-24(25)34-2)26(18(15-29)16-30-23)31-22-6-3-5-19-21(28)17-36-27(19)22/h3,5-6,13-14,16-17H,4,7-12H2,1-2H3,(H,30,31). The molecule has 0 unspecified atom stereocenters. The quantitative estimate of drug-likeness (QED) is 0.324. The van der Waals surface area contributed by atoms with Crippen LogP contribution in [-0.4, -0.2) is 68.3 Å². The first-order valence-corrected chi connectivity index (χ1v) is 12.3. The molecule has 0 aliphatic carbocycles. The molecule has 0 atom stereocenters. The van der Waals surface area contributed by atoms with Crippen molar-refractivity contribution in [2.24, 2.45) is 0 Å². The smallest absolute Gasteiger partial charge is 0.163 e. The Morgan fingerprint density at radius 3 is 2.78 bits per heavy atom. The van der Waals surface area contributed by atoms with Crippen molar-refractivity contribution in [3.8, 4) is 17.6 Å². The molecule has 0 radical (unpaired) electrons. The fourth-order valence-electron chi connectivity index (χ4n) is 4.49. The highest BCUT2D eigenvalue weighted by Gasteiger charge is 2.17. The summed E-state index contributed by atoms with van der Waals surface area (Å²) in [5, 5.41) is 15.2. The first kappa shape index (κ1) is 24.2. The Labute approximate surface area is 215 Å². The van der Waals surface area contributed by atoms with Gasteiger partial charge in [0, 0.05) is 55.8 Å². The summed E-state index contributed by atoms with van der Waals surface area (Å²) >= 11 is 6.24. The molecule has 36 heavy (non-hydrogen) atoms. The highest BCUT2D eigenvalue weighted by molar-refractivity contribution is 6.35. The molecule has 1 N–H and O–H groups in total. The van der Waals surface area contributed by atoms with E-state index in [0.29, 0.717) is 51.2 Å². The number of rotatable bonds is 8. The Balaban J connectivity index is 1.39. The lowest BCUT2D eigenvalue weighted by molar-refractivity contribution is 0.145. The summed E-state index contributed by atoms with van der Waals surface area (Å²) in [7, 11) is 3.77. The predicted octanol–water partition coefficient (Wildman–Crippen LogP) is 5.27. The van der Waals surface area contributed by atoms with Crippen molar-refractivity contribution in [3.63, 3.8) is 0 Å². The molecule has 2 aromatic heterocycles. The molecule has 1 saturated heterocycles. The van der Waals surface area contributed by atoms with E-state index in [2.05, 4.69) is 33.2 Å². The number of aromatic nitrogens is 1. The molecular weight excluding hydrogens is 478 g/mol. The lowest BCUT2D eigenvalue weighted by atomic mass is 10.1. The number of pyridine rings is 1. The number of piperazine rings is 1. The number of para-hydroxylation sites is 1. The SMILES string of the molecule is COc1cc2c(Nc3cccc4c(Cl)coc34)c(C#N)cnc2cc1OCCCN1CCN(C)CC1. The number of hydrogen-bond acceptors (Lipinski definition) is 8. The highest BCUT2D eigenvalue weighted by atomic mass is 35.5. The van der Waals surface area contributed by atoms with Gasteiger partial charge < -0.3 is 29.0 Å². The van der Waals surface area contributed by atoms with Gasteiger partial charge in [0.1, 0.15) is 12.3 Å². The zero-order valence-electron chi connectivity index (χ0n) is 20.4. The number of nitrogens with zero attached hydrogens (tertiary/aromatic N) is 4. The predicted molar refractivity (Wildman–Crippen MR) is 142 cm³/mol. The fourth-order valence-corrected chi connectivity index (χ4v) is 4.69. The number of ether oxygens (including phenoxy) is 2. The molecule has 0 bridgehead atoms. The van der Waals surface area contributed by atoms with Crippen LogP contribution in [0.1, 0.15) is 12.0 Å².